The Balaban J connectivity index is 2.06. The molecule has 1 saturated carbocycles. The van der Waals surface area contributed by atoms with E-state index in [1.807, 2.05) is 26.0 Å². The normalized spacial score (nSPS) is 15.6. The van der Waals surface area contributed by atoms with Gasteiger partial charge >= 0.3 is 0 Å². The molecule has 0 unspecified atom stereocenters. The van der Waals surface area contributed by atoms with Crippen LogP contribution in [0.4, 0.5) is 0 Å². The van der Waals surface area contributed by atoms with E-state index in [0.29, 0.717) is 0 Å². The number of rotatable bonds is 6. The summed E-state index contributed by atoms with van der Waals surface area (Å²) in [5, 5.41) is 0. The average molecular weight is 249 g/mol. The number of ether oxygens (including phenoxy) is 2. The summed E-state index contributed by atoms with van der Waals surface area (Å²) in [4.78, 5) is 0. The second kappa shape index (κ2) is 5.19. The highest BCUT2D eigenvalue weighted by Crippen LogP contribution is 2.33. The summed E-state index contributed by atoms with van der Waals surface area (Å²) in [6.45, 7) is 4.85. The van der Waals surface area contributed by atoms with E-state index >= 15 is 0 Å². The predicted octanol–water partition coefficient (Wildman–Crippen LogP) is 2.76. The summed E-state index contributed by atoms with van der Waals surface area (Å²) in [5.74, 6) is 2.39. The maximum atomic E-state index is 6.03. The molecule has 3 nitrogen and oxygen atoms in total. The molecule has 18 heavy (non-hydrogen) atoms. The van der Waals surface area contributed by atoms with Crippen molar-refractivity contribution in [2.75, 3.05) is 13.7 Å². The Labute approximate surface area is 109 Å². The van der Waals surface area contributed by atoms with E-state index in [0.717, 1.165) is 30.4 Å². The van der Waals surface area contributed by atoms with E-state index in [9.17, 15) is 0 Å². The second-order valence-electron chi connectivity index (χ2n) is 5.90. The molecule has 1 aliphatic rings. The van der Waals surface area contributed by atoms with Gasteiger partial charge in [-0.25, -0.2) is 0 Å². The van der Waals surface area contributed by atoms with Gasteiger partial charge in [0.2, 0.25) is 0 Å². The number of methoxy groups -OCH3 is 1. The molecule has 0 aromatic heterocycles. The van der Waals surface area contributed by atoms with E-state index in [1.165, 1.54) is 18.4 Å². The van der Waals surface area contributed by atoms with Crippen molar-refractivity contribution in [3.05, 3.63) is 23.8 Å². The van der Waals surface area contributed by atoms with Crippen LogP contribution in [-0.2, 0) is 6.42 Å². The topological polar surface area (TPSA) is 44.5 Å². The highest BCUT2D eigenvalue weighted by Gasteiger charge is 2.22. The molecule has 0 bridgehead atoms. The molecule has 1 aliphatic carbocycles. The minimum atomic E-state index is -0.207. The van der Waals surface area contributed by atoms with E-state index < -0.39 is 0 Å². The first-order valence-electron chi connectivity index (χ1n) is 6.56. The second-order valence-corrected chi connectivity index (χ2v) is 5.90. The van der Waals surface area contributed by atoms with Gasteiger partial charge in [-0.15, -0.1) is 0 Å². The summed E-state index contributed by atoms with van der Waals surface area (Å²) in [6, 6.07) is 6.08. The molecule has 0 atom stereocenters. The van der Waals surface area contributed by atoms with Gasteiger partial charge in [0.15, 0.2) is 11.5 Å². The van der Waals surface area contributed by atoms with Crippen molar-refractivity contribution in [2.24, 2.45) is 11.7 Å². The zero-order valence-electron chi connectivity index (χ0n) is 11.5. The van der Waals surface area contributed by atoms with Gasteiger partial charge in [0.05, 0.1) is 13.7 Å². The van der Waals surface area contributed by atoms with Crippen LogP contribution in [-0.4, -0.2) is 19.3 Å². The van der Waals surface area contributed by atoms with Crippen LogP contribution in [0.5, 0.6) is 11.5 Å². The lowest BCUT2D eigenvalue weighted by Gasteiger charge is -2.19. The van der Waals surface area contributed by atoms with Gasteiger partial charge in [-0.1, -0.05) is 6.07 Å². The van der Waals surface area contributed by atoms with Crippen molar-refractivity contribution < 1.29 is 9.47 Å². The molecule has 0 saturated heterocycles. The minimum absolute atomic E-state index is 0.207. The average Bonchev–Trinajstić information content (AvgIpc) is 3.09. The summed E-state index contributed by atoms with van der Waals surface area (Å²) < 4.78 is 11.2. The van der Waals surface area contributed by atoms with Crippen molar-refractivity contribution in [1.29, 1.82) is 0 Å². The van der Waals surface area contributed by atoms with E-state index in [2.05, 4.69) is 6.07 Å². The van der Waals surface area contributed by atoms with Gasteiger partial charge in [-0.3, -0.25) is 0 Å². The van der Waals surface area contributed by atoms with Crippen molar-refractivity contribution in [1.82, 2.24) is 0 Å². The molecule has 0 radical (unpaired) electrons. The third kappa shape index (κ3) is 3.91. The summed E-state index contributed by atoms with van der Waals surface area (Å²) in [7, 11) is 1.68. The SMILES string of the molecule is COc1cc(CC(C)(C)N)ccc1OCC1CC1. The third-order valence-corrected chi connectivity index (χ3v) is 3.06. The molecule has 2 N–H and O–H groups in total. The summed E-state index contributed by atoms with van der Waals surface area (Å²) in [5.41, 5.74) is 7.00. The molecule has 2 rings (SSSR count). The first kappa shape index (κ1) is 13.2. The molecule has 1 aromatic carbocycles. The number of nitrogens with two attached hydrogens (primary N) is 1. The van der Waals surface area contributed by atoms with Crippen LogP contribution in [0, 0.1) is 5.92 Å². The number of hydrogen-bond donors (Lipinski definition) is 1. The van der Waals surface area contributed by atoms with Gasteiger partial charge in [0.25, 0.3) is 0 Å². The first-order chi connectivity index (χ1) is 8.48. The fourth-order valence-electron chi connectivity index (χ4n) is 1.96. The van der Waals surface area contributed by atoms with Gasteiger partial charge in [-0.2, -0.15) is 0 Å². The van der Waals surface area contributed by atoms with Gasteiger partial charge in [0, 0.05) is 5.54 Å². The molecular weight excluding hydrogens is 226 g/mol. The Morgan fingerprint density at radius 1 is 1.28 bits per heavy atom. The fourth-order valence-corrected chi connectivity index (χ4v) is 1.96. The van der Waals surface area contributed by atoms with Crippen molar-refractivity contribution >= 4 is 0 Å². The van der Waals surface area contributed by atoms with Crippen LogP contribution in [0.3, 0.4) is 0 Å². The van der Waals surface area contributed by atoms with Crippen molar-refractivity contribution in [3.63, 3.8) is 0 Å². The third-order valence-electron chi connectivity index (χ3n) is 3.06. The highest BCUT2D eigenvalue weighted by atomic mass is 16.5. The van der Waals surface area contributed by atoms with Crippen LogP contribution in [0.2, 0.25) is 0 Å². The fraction of sp³-hybridized carbons (Fsp3) is 0.600. The van der Waals surface area contributed by atoms with E-state index in [-0.39, 0.29) is 5.54 Å². The Morgan fingerprint density at radius 2 is 2.00 bits per heavy atom. The van der Waals surface area contributed by atoms with Crippen LogP contribution >= 0.6 is 0 Å². The molecule has 1 fully saturated rings. The van der Waals surface area contributed by atoms with Gasteiger partial charge in [-0.05, 0) is 56.7 Å². The largest absolute Gasteiger partial charge is 0.493 e. The molecule has 100 valence electrons. The maximum Gasteiger partial charge on any atom is 0.161 e. The summed E-state index contributed by atoms with van der Waals surface area (Å²) >= 11 is 0. The Bertz CT molecular complexity index is 405. The maximum absolute atomic E-state index is 6.03. The lowest BCUT2D eigenvalue weighted by Crippen LogP contribution is -2.34. The Morgan fingerprint density at radius 3 is 2.56 bits per heavy atom. The molecule has 0 amide bonds. The molecule has 0 spiro atoms. The lowest BCUT2D eigenvalue weighted by atomic mass is 9.96. The molecule has 0 aliphatic heterocycles. The minimum Gasteiger partial charge on any atom is -0.493 e. The molecular formula is C15H23NO2. The zero-order valence-corrected chi connectivity index (χ0v) is 11.5. The Kier molecular flexibility index (Phi) is 3.81. The van der Waals surface area contributed by atoms with E-state index in [4.69, 9.17) is 15.2 Å². The van der Waals surface area contributed by atoms with Crippen LogP contribution in [0.1, 0.15) is 32.3 Å². The molecule has 3 heteroatoms. The zero-order chi connectivity index (χ0) is 13.2. The lowest BCUT2D eigenvalue weighted by molar-refractivity contribution is 0.280. The van der Waals surface area contributed by atoms with Gasteiger partial charge in [0.1, 0.15) is 0 Å². The summed E-state index contributed by atoms with van der Waals surface area (Å²) in [6.07, 6.45) is 3.41. The Hall–Kier alpha value is -1.22. The smallest absolute Gasteiger partial charge is 0.161 e. The standard InChI is InChI=1S/C15H23NO2/c1-15(2,16)9-12-6-7-13(14(8-12)17-3)18-10-11-4-5-11/h6-8,11H,4-5,9-10,16H2,1-3H3. The first-order valence-corrected chi connectivity index (χ1v) is 6.56. The monoisotopic (exact) mass is 249 g/mol. The number of hydrogen-bond acceptors (Lipinski definition) is 3. The number of benzene rings is 1. The van der Waals surface area contributed by atoms with E-state index in [1.54, 1.807) is 7.11 Å². The molecule has 1 aromatic rings. The predicted molar refractivity (Wildman–Crippen MR) is 73.2 cm³/mol. The van der Waals surface area contributed by atoms with Gasteiger partial charge < -0.3 is 15.2 Å². The molecule has 0 heterocycles. The van der Waals surface area contributed by atoms with Crippen LogP contribution in [0.15, 0.2) is 18.2 Å². The van der Waals surface area contributed by atoms with Crippen LogP contribution in [0.25, 0.3) is 0 Å². The van der Waals surface area contributed by atoms with Crippen molar-refractivity contribution in [2.45, 2.75) is 38.6 Å². The van der Waals surface area contributed by atoms with Crippen molar-refractivity contribution in [3.8, 4) is 11.5 Å². The highest BCUT2D eigenvalue weighted by molar-refractivity contribution is 5.43. The quantitative estimate of drug-likeness (QED) is 0.843. The van der Waals surface area contributed by atoms with Crippen LogP contribution < -0.4 is 15.2 Å².